The molecular weight excluding hydrogens is 384 g/mol. The second-order valence-corrected chi connectivity index (χ2v) is 9.34. The molecule has 0 saturated carbocycles. The van der Waals surface area contributed by atoms with Gasteiger partial charge in [-0.1, -0.05) is 6.92 Å². The monoisotopic (exact) mass is 412 g/mol. The molecule has 2 aliphatic rings. The molecule has 0 aliphatic carbocycles. The summed E-state index contributed by atoms with van der Waals surface area (Å²) < 4.78 is 32.7. The largest absolute Gasteiger partial charge is 0.383 e. The van der Waals surface area contributed by atoms with Gasteiger partial charge in [-0.3, -0.25) is 10.1 Å². The van der Waals surface area contributed by atoms with Crippen LogP contribution in [0.5, 0.6) is 0 Å². The standard InChI is InChI=1S/C18H28N4O5S/c1-15-3-2-7-20(14-15)8-6-19-17-5-4-16(22(23)24)13-18(17)28(25,26)21-9-11-27-12-10-21/h4-5,13,15,19H,2-3,6-12,14H2,1H3/t15-/m1/s1. The van der Waals surface area contributed by atoms with E-state index in [0.717, 1.165) is 25.7 Å². The first-order valence-corrected chi connectivity index (χ1v) is 11.1. The number of likely N-dealkylation sites (tertiary alicyclic amines) is 1. The third-order valence-electron chi connectivity index (χ3n) is 5.25. The summed E-state index contributed by atoms with van der Waals surface area (Å²) in [7, 11) is -3.84. The first-order valence-electron chi connectivity index (χ1n) is 9.70. The highest BCUT2D eigenvalue weighted by atomic mass is 32.2. The Morgan fingerprint density at radius 3 is 2.71 bits per heavy atom. The molecule has 2 aliphatic heterocycles. The molecule has 2 fully saturated rings. The fourth-order valence-electron chi connectivity index (χ4n) is 3.75. The molecule has 0 amide bonds. The Hall–Kier alpha value is -1.75. The SMILES string of the molecule is C[C@@H]1CCCN(CCNc2ccc([N+](=O)[O-])cc2S(=O)(=O)N2CCOCC2)C1. The molecule has 2 heterocycles. The van der Waals surface area contributed by atoms with E-state index in [4.69, 9.17) is 4.74 Å². The third kappa shape index (κ3) is 4.99. The Labute approximate surface area is 165 Å². The first-order chi connectivity index (χ1) is 13.4. The van der Waals surface area contributed by atoms with Crippen molar-refractivity contribution in [3.63, 3.8) is 0 Å². The number of nitrogens with one attached hydrogen (secondary N) is 1. The number of sulfonamides is 1. The zero-order valence-electron chi connectivity index (χ0n) is 16.2. The molecule has 0 spiro atoms. The van der Waals surface area contributed by atoms with E-state index in [-0.39, 0.29) is 23.7 Å². The van der Waals surface area contributed by atoms with Gasteiger partial charge in [0, 0.05) is 44.9 Å². The lowest BCUT2D eigenvalue weighted by atomic mass is 10.0. The third-order valence-corrected chi connectivity index (χ3v) is 7.19. The van der Waals surface area contributed by atoms with Crippen LogP contribution in [0.3, 0.4) is 0 Å². The molecule has 10 heteroatoms. The van der Waals surface area contributed by atoms with Crippen LogP contribution in [0, 0.1) is 16.0 Å². The van der Waals surface area contributed by atoms with Crippen molar-refractivity contribution in [3.8, 4) is 0 Å². The number of rotatable bonds is 7. The maximum absolute atomic E-state index is 13.1. The lowest BCUT2D eigenvalue weighted by Crippen LogP contribution is -2.41. The van der Waals surface area contributed by atoms with E-state index in [9.17, 15) is 18.5 Å². The van der Waals surface area contributed by atoms with Gasteiger partial charge in [-0.25, -0.2) is 8.42 Å². The van der Waals surface area contributed by atoms with Crippen molar-refractivity contribution in [2.75, 3.05) is 57.8 Å². The highest BCUT2D eigenvalue weighted by Crippen LogP contribution is 2.29. The summed E-state index contributed by atoms with van der Waals surface area (Å²) in [6, 6.07) is 3.98. The van der Waals surface area contributed by atoms with Crippen LogP contribution < -0.4 is 5.32 Å². The lowest BCUT2D eigenvalue weighted by Gasteiger charge is -2.31. The lowest BCUT2D eigenvalue weighted by molar-refractivity contribution is -0.385. The molecule has 0 unspecified atom stereocenters. The summed E-state index contributed by atoms with van der Waals surface area (Å²) in [6.07, 6.45) is 2.42. The number of hydrogen-bond donors (Lipinski definition) is 1. The predicted octanol–water partition coefficient (Wildman–Crippen LogP) is 1.76. The number of piperidine rings is 1. The Balaban J connectivity index is 1.77. The molecule has 3 rings (SSSR count). The minimum absolute atomic E-state index is 0.0457. The predicted molar refractivity (Wildman–Crippen MR) is 106 cm³/mol. The Bertz CT molecular complexity index is 795. The maximum Gasteiger partial charge on any atom is 0.270 e. The fraction of sp³-hybridized carbons (Fsp3) is 0.667. The van der Waals surface area contributed by atoms with Gasteiger partial charge in [0.05, 0.1) is 23.8 Å². The highest BCUT2D eigenvalue weighted by Gasteiger charge is 2.30. The van der Waals surface area contributed by atoms with Crippen molar-refractivity contribution >= 4 is 21.4 Å². The summed E-state index contributed by atoms with van der Waals surface area (Å²) >= 11 is 0. The Morgan fingerprint density at radius 2 is 2.04 bits per heavy atom. The van der Waals surface area contributed by atoms with Crippen LogP contribution in [-0.2, 0) is 14.8 Å². The second-order valence-electron chi connectivity index (χ2n) is 7.43. The first kappa shape index (κ1) is 21.0. The fourth-order valence-corrected chi connectivity index (χ4v) is 5.34. The average molecular weight is 413 g/mol. The van der Waals surface area contributed by atoms with Gasteiger partial charge in [-0.05, 0) is 31.4 Å². The van der Waals surface area contributed by atoms with E-state index in [1.807, 2.05) is 0 Å². The van der Waals surface area contributed by atoms with E-state index in [0.29, 0.717) is 31.4 Å². The zero-order valence-corrected chi connectivity index (χ0v) is 17.0. The highest BCUT2D eigenvalue weighted by molar-refractivity contribution is 7.89. The maximum atomic E-state index is 13.1. The van der Waals surface area contributed by atoms with Crippen molar-refractivity contribution in [2.45, 2.75) is 24.7 Å². The topological polar surface area (TPSA) is 105 Å². The molecule has 1 N–H and O–H groups in total. The van der Waals surface area contributed by atoms with Crippen LogP contribution in [0.4, 0.5) is 11.4 Å². The van der Waals surface area contributed by atoms with Gasteiger partial charge < -0.3 is 15.0 Å². The van der Waals surface area contributed by atoms with Gasteiger partial charge in [0.15, 0.2) is 0 Å². The number of nitrogens with zero attached hydrogens (tertiary/aromatic N) is 3. The molecule has 9 nitrogen and oxygen atoms in total. The van der Waals surface area contributed by atoms with E-state index >= 15 is 0 Å². The summed E-state index contributed by atoms with van der Waals surface area (Å²) in [5.41, 5.74) is 0.171. The minimum Gasteiger partial charge on any atom is -0.383 e. The van der Waals surface area contributed by atoms with Gasteiger partial charge in [0.1, 0.15) is 4.90 Å². The van der Waals surface area contributed by atoms with E-state index in [1.165, 1.54) is 29.3 Å². The van der Waals surface area contributed by atoms with Crippen molar-refractivity contribution in [1.82, 2.24) is 9.21 Å². The number of anilines is 1. The summed E-state index contributed by atoms with van der Waals surface area (Å²) in [6.45, 7) is 6.85. The summed E-state index contributed by atoms with van der Waals surface area (Å²) in [5.74, 6) is 0.672. The number of nitro benzene ring substituents is 1. The van der Waals surface area contributed by atoms with E-state index in [2.05, 4.69) is 17.1 Å². The second kappa shape index (κ2) is 9.17. The van der Waals surface area contributed by atoms with Crippen molar-refractivity contribution in [3.05, 3.63) is 28.3 Å². The summed E-state index contributed by atoms with van der Waals surface area (Å²) in [5, 5.41) is 14.4. The quantitative estimate of drug-likeness (QED) is 0.537. The molecule has 0 aromatic heterocycles. The molecule has 1 aromatic carbocycles. The number of non-ortho nitro benzene ring substituents is 1. The van der Waals surface area contributed by atoms with E-state index < -0.39 is 14.9 Å². The van der Waals surface area contributed by atoms with Crippen LogP contribution in [0.15, 0.2) is 23.1 Å². The average Bonchev–Trinajstić information content (AvgIpc) is 2.68. The molecule has 2 saturated heterocycles. The molecule has 1 aromatic rings. The molecule has 156 valence electrons. The minimum atomic E-state index is -3.84. The molecule has 28 heavy (non-hydrogen) atoms. The van der Waals surface area contributed by atoms with Crippen LogP contribution in [0.1, 0.15) is 19.8 Å². The van der Waals surface area contributed by atoms with Crippen molar-refractivity contribution in [2.24, 2.45) is 5.92 Å². The number of hydrogen-bond acceptors (Lipinski definition) is 7. The van der Waals surface area contributed by atoms with Crippen LogP contribution >= 0.6 is 0 Å². The van der Waals surface area contributed by atoms with Crippen LogP contribution in [0.2, 0.25) is 0 Å². The zero-order chi connectivity index (χ0) is 20.1. The van der Waals surface area contributed by atoms with Gasteiger partial charge >= 0.3 is 0 Å². The van der Waals surface area contributed by atoms with Crippen molar-refractivity contribution in [1.29, 1.82) is 0 Å². The van der Waals surface area contributed by atoms with Gasteiger partial charge in [-0.2, -0.15) is 4.31 Å². The van der Waals surface area contributed by atoms with Crippen molar-refractivity contribution < 1.29 is 18.1 Å². The van der Waals surface area contributed by atoms with Gasteiger partial charge in [0.2, 0.25) is 10.0 Å². The van der Waals surface area contributed by atoms with Crippen LogP contribution in [-0.4, -0.2) is 75.0 Å². The number of nitro groups is 1. The molecular formula is C18H28N4O5S. The molecule has 1 atom stereocenters. The van der Waals surface area contributed by atoms with Crippen LogP contribution in [0.25, 0.3) is 0 Å². The molecule has 0 radical (unpaired) electrons. The Morgan fingerprint density at radius 1 is 1.29 bits per heavy atom. The molecule has 0 bridgehead atoms. The van der Waals surface area contributed by atoms with Gasteiger partial charge in [-0.15, -0.1) is 0 Å². The normalized spacial score (nSPS) is 22.1. The Kier molecular flexibility index (Phi) is 6.86. The summed E-state index contributed by atoms with van der Waals surface area (Å²) in [4.78, 5) is 12.9. The number of benzene rings is 1. The van der Waals surface area contributed by atoms with Gasteiger partial charge in [0.25, 0.3) is 5.69 Å². The smallest absolute Gasteiger partial charge is 0.270 e. The number of ether oxygens (including phenoxy) is 1. The van der Waals surface area contributed by atoms with E-state index in [1.54, 1.807) is 0 Å². The number of morpholine rings is 1.